The highest BCUT2D eigenvalue weighted by Crippen LogP contribution is 2.46. The zero-order chi connectivity index (χ0) is 15.9. The highest BCUT2D eigenvalue weighted by atomic mass is 31.2. The maximum atomic E-state index is 10.7. The molecule has 0 aromatic rings. The summed E-state index contributed by atoms with van der Waals surface area (Å²) < 4.78 is 29.6. The van der Waals surface area contributed by atoms with Crippen molar-refractivity contribution >= 4 is 15.6 Å². The smallest absolute Gasteiger partial charge is 0.387 e. The quantitative estimate of drug-likeness (QED) is 0.233. The number of phosphoric acid groups is 2. The number of hydrogen-bond donors (Lipinski definition) is 8. The van der Waals surface area contributed by atoms with Gasteiger partial charge in [0.05, 0.1) is 0 Å². The van der Waals surface area contributed by atoms with Crippen LogP contribution in [0.15, 0.2) is 0 Å². The molecule has 20 heavy (non-hydrogen) atoms. The Balaban J connectivity index is 3.09. The third-order valence-electron chi connectivity index (χ3n) is 2.56. The largest absolute Gasteiger partial charge is 0.470 e. The zero-order valence-electron chi connectivity index (χ0n) is 9.57. The molecule has 120 valence electrons. The Hall–Kier alpha value is 0.0600. The van der Waals surface area contributed by atoms with Crippen LogP contribution in [-0.2, 0) is 18.2 Å². The van der Waals surface area contributed by atoms with Crippen molar-refractivity contribution in [2.75, 3.05) is 0 Å². The molecule has 0 saturated heterocycles. The topological polar surface area (TPSA) is 214 Å². The third kappa shape index (κ3) is 4.53. The molecule has 0 aromatic carbocycles. The van der Waals surface area contributed by atoms with Crippen LogP contribution in [0, 0.1) is 0 Å². The molecule has 0 aromatic heterocycles. The van der Waals surface area contributed by atoms with Crippen LogP contribution in [0.1, 0.15) is 0 Å². The summed E-state index contributed by atoms with van der Waals surface area (Å²) in [6, 6.07) is 0. The molecule has 1 fully saturated rings. The first-order valence-corrected chi connectivity index (χ1v) is 8.10. The minimum absolute atomic E-state index is 2.07. The van der Waals surface area contributed by atoms with Gasteiger partial charge in [-0.1, -0.05) is 0 Å². The Kier molecular flexibility index (Phi) is 5.48. The summed E-state index contributed by atoms with van der Waals surface area (Å²) in [5.74, 6) is 0. The highest BCUT2D eigenvalue weighted by Gasteiger charge is 2.53. The van der Waals surface area contributed by atoms with E-state index in [9.17, 15) is 29.6 Å². The summed E-state index contributed by atoms with van der Waals surface area (Å²) in [5.41, 5.74) is 0. The minimum Gasteiger partial charge on any atom is -0.387 e. The first kappa shape index (κ1) is 18.1. The van der Waals surface area contributed by atoms with Crippen molar-refractivity contribution in [3.8, 4) is 0 Å². The molecule has 0 spiro atoms. The molecule has 14 heteroatoms. The van der Waals surface area contributed by atoms with E-state index in [1.165, 1.54) is 0 Å². The molecule has 1 aliphatic carbocycles. The molecule has 0 heterocycles. The van der Waals surface area contributed by atoms with Crippen molar-refractivity contribution in [3.63, 3.8) is 0 Å². The van der Waals surface area contributed by atoms with Crippen LogP contribution >= 0.6 is 15.6 Å². The van der Waals surface area contributed by atoms with E-state index in [0.717, 1.165) is 0 Å². The molecular formula is C6H14O12P2. The van der Waals surface area contributed by atoms with Crippen LogP contribution in [0.2, 0.25) is 0 Å². The molecular weight excluding hydrogens is 326 g/mol. The van der Waals surface area contributed by atoms with Crippen LogP contribution in [0.25, 0.3) is 0 Å². The lowest BCUT2D eigenvalue weighted by atomic mass is 9.85. The van der Waals surface area contributed by atoms with E-state index in [4.69, 9.17) is 19.6 Å². The minimum atomic E-state index is -5.24. The Labute approximate surface area is 111 Å². The van der Waals surface area contributed by atoms with Crippen molar-refractivity contribution in [1.29, 1.82) is 0 Å². The molecule has 1 rings (SSSR count). The average Bonchev–Trinajstić information content (AvgIpc) is 2.25. The molecule has 1 saturated carbocycles. The zero-order valence-corrected chi connectivity index (χ0v) is 11.4. The van der Waals surface area contributed by atoms with E-state index in [0.29, 0.717) is 0 Å². The van der Waals surface area contributed by atoms with Gasteiger partial charge in [0.2, 0.25) is 0 Å². The van der Waals surface area contributed by atoms with Crippen LogP contribution < -0.4 is 0 Å². The second-order valence-corrected chi connectivity index (χ2v) is 6.47. The fourth-order valence-electron chi connectivity index (χ4n) is 1.74. The number of hydrogen-bond acceptors (Lipinski definition) is 8. The fraction of sp³-hybridized carbons (Fsp3) is 1.00. The maximum absolute atomic E-state index is 10.7. The van der Waals surface area contributed by atoms with Gasteiger partial charge in [-0.05, 0) is 0 Å². The van der Waals surface area contributed by atoms with Crippen molar-refractivity contribution in [3.05, 3.63) is 0 Å². The van der Waals surface area contributed by atoms with Gasteiger partial charge in [-0.3, -0.25) is 9.05 Å². The van der Waals surface area contributed by atoms with Crippen molar-refractivity contribution in [1.82, 2.24) is 0 Å². The lowest BCUT2D eigenvalue weighted by Gasteiger charge is -2.42. The molecule has 0 radical (unpaired) electrons. The molecule has 8 N–H and O–H groups in total. The number of aliphatic hydroxyl groups excluding tert-OH is 4. The first-order valence-electron chi connectivity index (χ1n) is 5.03. The molecule has 1 aliphatic rings. The maximum Gasteiger partial charge on any atom is 0.470 e. The van der Waals surface area contributed by atoms with Gasteiger partial charge < -0.3 is 40.0 Å². The monoisotopic (exact) mass is 340 g/mol. The summed E-state index contributed by atoms with van der Waals surface area (Å²) in [4.78, 5) is 34.6. The van der Waals surface area contributed by atoms with Gasteiger partial charge in [-0.2, -0.15) is 0 Å². The van der Waals surface area contributed by atoms with Crippen LogP contribution in [0.3, 0.4) is 0 Å². The molecule has 6 atom stereocenters. The Morgan fingerprint density at radius 2 is 0.850 bits per heavy atom. The van der Waals surface area contributed by atoms with E-state index in [1.54, 1.807) is 0 Å². The van der Waals surface area contributed by atoms with Gasteiger partial charge >= 0.3 is 15.6 Å². The lowest BCUT2D eigenvalue weighted by molar-refractivity contribution is -0.216. The predicted molar refractivity (Wildman–Crippen MR) is 57.9 cm³/mol. The first-order chi connectivity index (χ1) is 8.83. The van der Waals surface area contributed by atoms with Crippen LogP contribution in [0.5, 0.6) is 0 Å². The average molecular weight is 340 g/mol. The standard InChI is InChI=1S/C6H14O12P2/c7-1-2(8)4(10)6(18-20(14,15)16)5(3(1)9)17-19(11,12)13/h1-10H,(H2,11,12,13)(H2,14,15,16)/t1-,2+,3-,4+,5-,6+. The van der Waals surface area contributed by atoms with Crippen molar-refractivity contribution < 1.29 is 58.2 Å². The highest BCUT2D eigenvalue weighted by molar-refractivity contribution is 7.46. The van der Waals surface area contributed by atoms with E-state index >= 15 is 0 Å². The molecule has 0 bridgehead atoms. The van der Waals surface area contributed by atoms with Crippen LogP contribution in [0.4, 0.5) is 0 Å². The predicted octanol–water partition coefficient (Wildman–Crippen LogP) is -3.60. The molecule has 0 aliphatic heterocycles. The van der Waals surface area contributed by atoms with E-state index in [2.05, 4.69) is 9.05 Å². The van der Waals surface area contributed by atoms with Gasteiger partial charge in [0.1, 0.15) is 36.6 Å². The second kappa shape index (κ2) is 6.05. The SMILES string of the molecule is O=P(O)(O)O[C@@H]1[C@H](O)[C@H](O)[C@H](O)[C@H](O)[C@@H]1OP(=O)(O)O. The molecule has 0 amide bonds. The van der Waals surface area contributed by atoms with E-state index < -0.39 is 52.3 Å². The Morgan fingerprint density at radius 1 is 0.600 bits per heavy atom. The van der Waals surface area contributed by atoms with Gasteiger partial charge in [0, 0.05) is 0 Å². The summed E-state index contributed by atoms with van der Waals surface area (Å²) in [7, 11) is -10.5. The summed E-state index contributed by atoms with van der Waals surface area (Å²) >= 11 is 0. The Morgan fingerprint density at radius 3 is 1.05 bits per heavy atom. The molecule has 12 nitrogen and oxygen atoms in total. The van der Waals surface area contributed by atoms with E-state index in [1.807, 2.05) is 0 Å². The van der Waals surface area contributed by atoms with Crippen LogP contribution in [-0.4, -0.2) is 76.6 Å². The van der Waals surface area contributed by atoms with Gasteiger partial charge in [0.15, 0.2) is 0 Å². The summed E-state index contributed by atoms with van der Waals surface area (Å²) in [5, 5.41) is 37.8. The third-order valence-corrected chi connectivity index (χ3v) is 3.60. The van der Waals surface area contributed by atoms with Gasteiger partial charge in [0.25, 0.3) is 0 Å². The normalized spacial score (nSPS) is 39.8. The fourth-order valence-corrected chi connectivity index (χ4v) is 2.87. The van der Waals surface area contributed by atoms with Crippen molar-refractivity contribution in [2.45, 2.75) is 36.6 Å². The number of phosphoric ester groups is 2. The lowest BCUT2D eigenvalue weighted by Crippen LogP contribution is -2.64. The van der Waals surface area contributed by atoms with E-state index in [-0.39, 0.29) is 0 Å². The summed E-state index contributed by atoms with van der Waals surface area (Å²) in [6.45, 7) is 0. The number of rotatable bonds is 4. The Bertz CT molecular complexity index is 388. The van der Waals surface area contributed by atoms with Gasteiger partial charge in [-0.15, -0.1) is 0 Å². The van der Waals surface area contributed by atoms with Crippen molar-refractivity contribution in [2.24, 2.45) is 0 Å². The number of aliphatic hydroxyl groups is 4. The summed E-state index contributed by atoms with van der Waals surface area (Å²) in [6.07, 6.45) is -12.8. The second-order valence-electron chi connectivity index (χ2n) is 4.08. The van der Waals surface area contributed by atoms with Gasteiger partial charge in [-0.25, -0.2) is 9.13 Å². The molecule has 0 unspecified atom stereocenters.